The summed E-state index contributed by atoms with van der Waals surface area (Å²) in [6.07, 6.45) is 1.62. The van der Waals surface area contributed by atoms with Crippen LogP contribution in [0.4, 0.5) is 11.4 Å². The molecule has 3 aromatic rings. The van der Waals surface area contributed by atoms with Crippen LogP contribution in [-0.4, -0.2) is 21.4 Å². The van der Waals surface area contributed by atoms with Crippen molar-refractivity contribution in [2.45, 2.75) is 92.9 Å². The topological polar surface area (TPSA) is 50.5 Å². The molecule has 0 unspecified atom stereocenters. The summed E-state index contributed by atoms with van der Waals surface area (Å²) in [6.45, 7) is 21.8. The molecule has 0 aliphatic carbocycles. The Kier molecular flexibility index (Phi) is 8.94. The Morgan fingerprint density at radius 2 is 0.861 bits per heavy atom. The Labute approximate surface area is 218 Å². The van der Waals surface area contributed by atoms with Crippen molar-refractivity contribution >= 4 is 22.8 Å². The summed E-state index contributed by atoms with van der Waals surface area (Å²) >= 11 is 0. The van der Waals surface area contributed by atoms with Gasteiger partial charge < -0.3 is 0 Å². The lowest BCUT2D eigenvalue weighted by atomic mass is 9.93. The third-order valence-electron chi connectivity index (χ3n) is 6.65. The molecule has 0 aliphatic heterocycles. The number of para-hydroxylation sites is 2. The van der Waals surface area contributed by atoms with Crippen LogP contribution in [0.3, 0.4) is 0 Å². The van der Waals surface area contributed by atoms with Gasteiger partial charge in [-0.25, -0.2) is 9.97 Å². The molecule has 1 aromatic heterocycles. The molecule has 36 heavy (non-hydrogen) atoms. The molecule has 4 nitrogen and oxygen atoms in total. The van der Waals surface area contributed by atoms with Crippen LogP contribution in [0.25, 0.3) is 0 Å². The standard InChI is InChI=1S/C32H42N4/c1-19(2)25-13-11-14-26(20(3)4)31(25)35-23(9)29-17-30(34-18-33-29)24(10)36-32-27(21(5)6)15-12-16-28(32)22(7)8/h11-22H,1-10H3. The number of hydrogen-bond donors (Lipinski definition) is 0. The van der Waals surface area contributed by atoms with Crippen molar-refractivity contribution in [2.24, 2.45) is 9.98 Å². The highest BCUT2D eigenvalue weighted by molar-refractivity contribution is 6.03. The normalized spacial score (nSPS) is 12.9. The molecule has 0 saturated heterocycles. The number of aromatic nitrogens is 2. The Morgan fingerprint density at radius 1 is 0.556 bits per heavy atom. The van der Waals surface area contributed by atoms with Crippen LogP contribution in [0, 0.1) is 0 Å². The fourth-order valence-electron chi connectivity index (χ4n) is 4.48. The molecule has 0 amide bonds. The largest absolute Gasteiger partial charge is 0.251 e. The lowest BCUT2D eigenvalue weighted by molar-refractivity contribution is 0.834. The average Bonchev–Trinajstić information content (AvgIpc) is 2.83. The second kappa shape index (κ2) is 11.7. The SMILES string of the molecule is CC(=Nc1c(C(C)C)cccc1C(C)C)c1cc(C(C)=Nc2c(C(C)C)cccc2C(C)C)ncn1. The number of aliphatic imine (C=N–C) groups is 2. The van der Waals surface area contributed by atoms with E-state index in [-0.39, 0.29) is 0 Å². The highest BCUT2D eigenvalue weighted by Crippen LogP contribution is 2.36. The average molecular weight is 483 g/mol. The second-order valence-corrected chi connectivity index (χ2v) is 10.9. The van der Waals surface area contributed by atoms with Crippen LogP contribution in [0.5, 0.6) is 0 Å². The number of rotatable bonds is 8. The molecule has 0 aliphatic rings. The molecule has 4 heteroatoms. The van der Waals surface area contributed by atoms with Gasteiger partial charge >= 0.3 is 0 Å². The van der Waals surface area contributed by atoms with Crippen molar-refractivity contribution < 1.29 is 0 Å². The zero-order valence-electron chi connectivity index (χ0n) is 23.7. The predicted octanol–water partition coefficient (Wildman–Crippen LogP) is 9.25. The molecule has 0 atom stereocenters. The number of benzene rings is 2. The summed E-state index contributed by atoms with van der Waals surface area (Å²) < 4.78 is 0. The minimum Gasteiger partial charge on any atom is -0.251 e. The first-order valence-electron chi connectivity index (χ1n) is 13.2. The first kappa shape index (κ1) is 27.4. The zero-order chi connectivity index (χ0) is 26.6. The Balaban J connectivity index is 2.08. The summed E-state index contributed by atoms with van der Waals surface area (Å²) in [4.78, 5) is 19.4. The molecule has 0 saturated carbocycles. The first-order chi connectivity index (χ1) is 17.0. The van der Waals surface area contributed by atoms with Gasteiger partial charge in [0.15, 0.2) is 0 Å². The van der Waals surface area contributed by atoms with Crippen LogP contribution in [-0.2, 0) is 0 Å². The van der Waals surface area contributed by atoms with Gasteiger partial charge in [-0.2, -0.15) is 0 Å². The molecule has 2 aromatic carbocycles. The Hall–Kier alpha value is -3.14. The molecular formula is C32H42N4. The van der Waals surface area contributed by atoms with Crippen molar-refractivity contribution in [2.75, 3.05) is 0 Å². The van der Waals surface area contributed by atoms with Gasteiger partial charge in [-0.3, -0.25) is 9.98 Å². The van der Waals surface area contributed by atoms with Gasteiger partial charge in [0.1, 0.15) is 6.33 Å². The van der Waals surface area contributed by atoms with Crippen LogP contribution >= 0.6 is 0 Å². The van der Waals surface area contributed by atoms with Crippen molar-refractivity contribution in [3.63, 3.8) is 0 Å². The summed E-state index contributed by atoms with van der Waals surface area (Å²) in [6, 6.07) is 15.0. The molecule has 0 N–H and O–H groups in total. The van der Waals surface area contributed by atoms with Crippen molar-refractivity contribution in [3.05, 3.63) is 82.4 Å². The Morgan fingerprint density at radius 3 is 1.14 bits per heavy atom. The maximum absolute atomic E-state index is 5.12. The van der Waals surface area contributed by atoms with Gasteiger partial charge in [0, 0.05) is 0 Å². The van der Waals surface area contributed by atoms with E-state index in [1.54, 1.807) is 6.33 Å². The van der Waals surface area contributed by atoms with E-state index in [1.807, 2.05) is 19.9 Å². The van der Waals surface area contributed by atoms with Crippen molar-refractivity contribution in [1.82, 2.24) is 9.97 Å². The van der Waals surface area contributed by atoms with E-state index in [1.165, 1.54) is 22.3 Å². The van der Waals surface area contributed by atoms with Gasteiger partial charge in [0.05, 0.1) is 34.2 Å². The summed E-state index contributed by atoms with van der Waals surface area (Å²) in [5.74, 6) is 1.56. The third kappa shape index (κ3) is 6.16. The minimum absolute atomic E-state index is 0.391. The van der Waals surface area contributed by atoms with Crippen LogP contribution in [0.2, 0.25) is 0 Å². The summed E-state index contributed by atoms with van der Waals surface area (Å²) in [5.41, 5.74) is 10.6. The monoisotopic (exact) mass is 482 g/mol. The maximum atomic E-state index is 5.12. The Bertz CT molecular complexity index is 1120. The third-order valence-corrected chi connectivity index (χ3v) is 6.65. The van der Waals surface area contributed by atoms with Crippen molar-refractivity contribution in [1.29, 1.82) is 0 Å². The molecule has 0 radical (unpaired) electrons. The number of nitrogens with zero attached hydrogens (tertiary/aromatic N) is 4. The van der Waals surface area contributed by atoms with E-state index < -0.39 is 0 Å². The predicted molar refractivity (Wildman–Crippen MR) is 155 cm³/mol. The van der Waals surface area contributed by atoms with E-state index in [0.717, 1.165) is 34.2 Å². The highest BCUT2D eigenvalue weighted by atomic mass is 14.9. The van der Waals surface area contributed by atoms with Crippen LogP contribution in [0.1, 0.15) is 127 Å². The van der Waals surface area contributed by atoms with E-state index in [9.17, 15) is 0 Å². The smallest absolute Gasteiger partial charge is 0.116 e. The van der Waals surface area contributed by atoms with E-state index in [0.29, 0.717) is 23.7 Å². The first-order valence-corrected chi connectivity index (χ1v) is 13.2. The van der Waals surface area contributed by atoms with Gasteiger partial charge in [0.25, 0.3) is 0 Å². The summed E-state index contributed by atoms with van der Waals surface area (Å²) in [5, 5.41) is 0. The van der Waals surface area contributed by atoms with Crippen LogP contribution < -0.4 is 0 Å². The fraction of sp³-hybridized carbons (Fsp3) is 0.438. The zero-order valence-corrected chi connectivity index (χ0v) is 23.7. The fourth-order valence-corrected chi connectivity index (χ4v) is 4.48. The molecular weight excluding hydrogens is 440 g/mol. The van der Waals surface area contributed by atoms with Gasteiger partial charge in [-0.15, -0.1) is 0 Å². The minimum atomic E-state index is 0.391. The van der Waals surface area contributed by atoms with E-state index >= 15 is 0 Å². The summed E-state index contributed by atoms with van der Waals surface area (Å²) in [7, 11) is 0. The van der Waals surface area contributed by atoms with Gasteiger partial charge in [-0.05, 0) is 65.8 Å². The molecule has 190 valence electrons. The second-order valence-electron chi connectivity index (χ2n) is 10.9. The molecule has 3 rings (SSSR count). The lowest BCUT2D eigenvalue weighted by Crippen LogP contribution is -2.06. The van der Waals surface area contributed by atoms with E-state index in [2.05, 4.69) is 102 Å². The highest BCUT2D eigenvalue weighted by Gasteiger charge is 2.16. The van der Waals surface area contributed by atoms with Crippen LogP contribution in [0.15, 0.2) is 58.8 Å². The molecule has 0 bridgehead atoms. The molecule has 0 spiro atoms. The number of hydrogen-bond acceptors (Lipinski definition) is 4. The quantitative estimate of drug-likeness (QED) is 0.300. The molecule has 1 heterocycles. The van der Waals surface area contributed by atoms with Crippen molar-refractivity contribution in [3.8, 4) is 0 Å². The van der Waals surface area contributed by atoms with E-state index in [4.69, 9.17) is 9.98 Å². The maximum Gasteiger partial charge on any atom is 0.116 e. The lowest BCUT2D eigenvalue weighted by Gasteiger charge is -2.17. The van der Waals surface area contributed by atoms with Gasteiger partial charge in [0.2, 0.25) is 0 Å². The molecule has 0 fully saturated rings. The van der Waals surface area contributed by atoms with Gasteiger partial charge in [-0.1, -0.05) is 91.8 Å².